The van der Waals surface area contributed by atoms with Crippen molar-refractivity contribution in [1.82, 2.24) is 10.6 Å². The first-order valence-corrected chi connectivity index (χ1v) is 6.11. The molecule has 20 heavy (non-hydrogen) atoms. The molecule has 7 heteroatoms. The Hall–Kier alpha value is -2.05. The standard InChI is InChI=1S/C13H13F3N2O2/c14-13(15,16)9-3-1-8(2-4-9)12(20)17-7-10-5-6-11(19)18-10/h1-4,10H,5-7H2,(H,17,20)(H,18,19)/t10-/m1/s1. The second-order valence-electron chi connectivity index (χ2n) is 4.59. The highest BCUT2D eigenvalue weighted by atomic mass is 19.4. The van der Waals surface area contributed by atoms with E-state index in [1.165, 1.54) is 0 Å². The molecule has 4 nitrogen and oxygen atoms in total. The van der Waals surface area contributed by atoms with E-state index in [-0.39, 0.29) is 24.1 Å². The summed E-state index contributed by atoms with van der Waals surface area (Å²) in [4.78, 5) is 22.7. The largest absolute Gasteiger partial charge is 0.416 e. The highest BCUT2D eigenvalue weighted by Crippen LogP contribution is 2.29. The fraction of sp³-hybridized carbons (Fsp3) is 0.385. The number of carbonyl (C=O) groups excluding carboxylic acids is 2. The van der Waals surface area contributed by atoms with Crippen molar-refractivity contribution in [2.24, 2.45) is 0 Å². The molecule has 1 aliphatic heterocycles. The van der Waals surface area contributed by atoms with Gasteiger partial charge in [-0.25, -0.2) is 0 Å². The summed E-state index contributed by atoms with van der Waals surface area (Å²) in [7, 11) is 0. The summed E-state index contributed by atoms with van der Waals surface area (Å²) in [5.41, 5.74) is -0.639. The van der Waals surface area contributed by atoms with Gasteiger partial charge in [0.1, 0.15) is 0 Å². The van der Waals surface area contributed by atoms with Crippen LogP contribution in [0.4, 0.5) is 13.2 Å². The molecule has 1 saturated heterocycles. The molecule has 0 radical (unpaired) electrons. The fourth-order valence-corrected chi connectivity index (χ4v) is 1.96. The van der Waals surface area contributed by atoms with E-state index in [4.69, 9.17) is 0 Å². The van der Waals surface area contributed by atoms with E-state index in [9.17, 15) is 22.8 Å². The maximum Gasteiger partial charge on any atom is 0.416 e. The summed E-state index contributed by atoms with van der Waals surface area (Å²) in [6, 6.07) is 3.89. The zero-order chi connectivity index (χ0) is 14.8. The van der Waals surface area contributed by atoms with Gasteiger partial charge < -0.3 is 10.6 Å². The van der Waals surface area contributed by atoms with Crippen molar-refractivity contribution in [3.63, 3.8) is 0 Å². The first kappa shape index (κ1) is 14.4. The second-order valence-corrected chi connectivity index (χ2v) is 4.59. The van der Waals surface area contributed by atoms with E-state index in [0.717, 1.165) is 24.3 Å². The number of nitrogens with one attached hydrogen (secondary N) is 2. The Balaban J connectivity index is 1.91. The van der Waals surface area contributed by atoms with Gasteiger partial charge in [-0.1, -0.05) is 0 Å². The number of alkyl halides is 3. The van der Waals surface area contributed by atoms with Crippen LogP contribution in [0.3, 0.4) is 0 Å². The van der Waals surface area contributed by atoms with E-state index < -0.39 is 17.6 Å². The molecule has 0 saturated carbocycles. The summed E-state index contributed by atoms with van der Waals surface area (Å²) in [6.07, 6.45) is -3.34. The van der Waals surface area contributed by atoms with Crippen LogP contribution < -0.4 is 10.6 Å². The van der Waals surface area contributed by atoms with Gasteiger partial charge in [0.05, 0.1) is 5.56 Å². The Labute approximate surface area is 113 Å². The number of amides is 2. The van der Waals surface area contributed by atoms with Crippen LogP contribution in [-0.2, 0) is 11.0 Å². The average molecular weight is 286 g/mol. The van der Waals surface area contributed by atoms with Gasteiger partial charge in [-0.15, -0.1) is 0 Å². The maximum atomic E-state index is 12.4. The van der Waals surface area contributed by atoms with Crippen molar-refractivity contribution in [1.29, 1.82) is 0 Å². The summed E-state index contributed by atoms with van der Waals surface area (Å²) >= 11 is 0. The molecule has 108 valence electrons. The molecule has 0 bridgehead atoms. The maximum absolute atomic E-state index is 12.4. The number of hydrogen-bond acceptors (Lipinski definition) is 2. The molecule has 0 unspecified atom stereocenters. The smallest absolute Gasteiger partial charge is 0.352 e. The van der Waals surface area contributed by atoms with Gasteiger partial charge in [0.25, 0.3) is 5.91 Å². The van der Waals surface area contributed by atoms with Crippen LogP contribution in [0.15, 0.2) is 24.3 Å². The molecule has 2 amide bonds. The minimum atomic E-state index is -4.41. The lowest BCUT2D eigenvalue weighted by Crippen LogP contribution is -2.38. The average Bonchev–Trinajstić information content (AvgIpc) is 2.81. The van der Waals surface area contributed by atoms with Crippen LogP contribution in [0.2, 0.25) is 0 Å². The van der Waals surface area contributed by atoms with Crippen LogP contribution in [0.25, 0.3) is 0 Å². The minimum Gasteiger partial charge on any atom is -0.352 e. The summed E-state index contributed by atoms with van der Waals surface area (Å²) in [5, 5.41) is 5.27. The first-order valence-electron chi connectivity index (χ1n) is 6.11. The van der Waals surface area contributed by atoms with Gasteiger partial charge in [0, 0.05) is 24.6 Å². The second kappa shape index (κ2) is 5.52. The highest BCUT2D eigenvalue weighted by Gasteiger charge is 2.30. The Morgan fingerprint density at radius 3 is 2.45 bits per heavy atom. The van der Waals surface area contributed by atoms with Crippen LogP contribution in [-0.4, -0.2) is 24.4 Å². The summed E-state index contributed by atoms with van der Waals surface area (Å²) in [6.45, 7) is 0.269. The van der Waals surface area contributed by atoms with E-state index in [0.29, 0.717) is 12.8 Å². The molecule has 0 aliphatic carbocycles. The lowest BCUT2D eigenvalue weighted by molar-refractivity contribution is -0.137. The third-order valence-electron chi connectivity index (χ3n) is 3.07. The lowest BCUT2D eigenvalue weighted by atomic mass is 10.1. The summed E-state index contributed by atoms with van der Waals surface area (Å²) < 4.78 is 37.1. The molecule has 0 aromatic heterocycles. The van der Waals surface area contributed by atoms with Crippen molar-refractivity contribution in [2.45, 2.75) is 25.1 Å². The van der Waals surface area contributed by atoms with Crippen LogP contribution in [0.5, 0.6) is 0 Å². The molecule has 1 fully saturated rings. The first-order chi connectivity index (χ1) is 9.36. The number of carbonyl (C=O) groups is 2. The predicted molar refractivity (Wildman–Crippen MR) is 64.9 cm³/mol. The van der Waals surface area contributed by atoms with Crippen LogP contribution in [0, 0.1) is 0 Å². The number of benzene rings is 1. The third kappa shape index (κ3) is 3.49. The van der Waals surface area contributed by atoms with E-state index in [1.807, 2.05) is 0 Å². The molecule has 0 spiro atoms. The van der Waals surface area contributed by atoms with E-state index in [1.54, 1.807) is 0 Å². The quantitative estimate of drug-likeness (QED) is 0.888. The van der Waals surface area contributed by atoms with Crippen LogP contribution >= 0.6 is 0 Å². The zero-order valence-corrected chi connectivity index (χ0v) is 10.5. The molecular weight excluding hydrogens is 273 g/mol. The summed E-state index contributed by atoms with van der Waals surface area (Å²) in [5.74, 6) is -0.515. The van der Waals surface area contributed by atoms with Gasteiger partial charge in [-0.05, 0) is 30.7 Å². The Kier molecular flexibility index (Phi) is 3.96. The van der Waals surface area contributed by atoms with Gasteiger partial charge in [0.2, 0.25) is 5.91 Å². The highest BCUT2D eigenvalue weighted by molar-refractivity contribution is 5.94. The fourth-order valence-electron chi connectivity index (χ4n) is 1.96. The Morgan fingerprint density at radius 1 is 1.30 bits per heavy atom. The van der Waals surface area contributed by atoms with E-state index >= 15 is 0 Å². The molecule has 1 atom stereocenters. The number of hydrogen-bond donors (Lipinski definition) is 2. The molecule has 1 heterocycles. The number of halogens is 3. The molecule has 1 aliphatic rings. The minimum absolute atomic E-state index is 0.0567. The van der Waals surface area contributed by atoms with Crippen molar-refractivity contribution < 1.29 is 22.8 Å². The lowest BCUT2D eigenvalue weighted by Gasteiger charge is -2.12. The zero-order valence-electron chi connectivity index (χ0n) is 10.5. The van der Waals surface area contributed by atoms with Crippen LogP contribution in [0.1, 0.15) is 28.8 Å². The number of rotatable bonds is 3. The van der Waals surface area contributed by atoms with Gasteiger partial charge in [-0.3, -0.25) is 9.59 Å². The Morgan fingerprint density at radius 2 is 1.95 bits per heavy atom. The topological polar surface area (TPSA) is 58.2 Å². The monoisotopic (exact) mass is 286 g/mol. The SMILES string of the molecule is O=C1CC[C@H](CNC(=O)c2ccc(C(F)(F)F)cc2)N1. The van der Waals surface area contributed by atoms with Gasteiger partial charge >= 0.3 is 6.18 Å². The molecule has 1 aromatic carbocycles. The Bertz CT molecular complexity index is 511. The molecule has 2 N–H and O–H groups in total. The third-order valence-corrected chi connectivity index (χ3v) is 3.07. The predicted octanol–water partition coefficient (Wildman–Crippen LogP) is 1.71. The molecule has 2 rings (SSSR count). The van der Waals surface area contributed by atoms with Gasteiger partial charge in [0.15, 0.2) is 0 Å². The van der Waals surface area contributed by atoms with Crippen molar-refractivity contribution >= 4 is 11.8 Å². The van der Waals surface area contributed by atoms with Crippen molar-refractivity contribution in [3.8, 4) is 0 Å². The normalized spacial score (nSPS) is 18.8. The van der Waals surface area contributed by atoms with E-state index in [2.05, 4.69) is 10.6 Å². The van der Waals surface area contributed by atoms with Crippen molar-refractivity contribution in [2.75, 3.05) is 6.54 Å². The molecular formula is C13H13F3N2O2. The van der Waals surface area contributed by atoms with Gasteiger partial charge in [-0.2, -0.15) is 13.2 Å². The van der Waals surface area contributed by atoms with Crippen molar-refractivity contribution in [3.05, 3.63) is 35.4 Å². The molecule has 1 aromatic rings.